The van der Waals surface area contributed by atoms with Crippen molar-refractivity contribution in [2.45, 2.75) is 40.5 Å². The largest absolute Gasteiger partial charge is 0.299 e. The van der Waals surface area contributed by atoms with Crippen molar-refractivity contribution in [2.75, 3.05) is 0 Å². The van der Waals surface area contributed by atoms with E-state index < -0.39 is 0 Å². The Hall–Kier alpha value is -0.660. The van der Waals surface area contributed by atoms with E-state index in [0.717, 1.165) is 0 Å². The van der Waals surface area contributed by atoms with Crippen molar-refractivity contribution in [1.82, 2.24) is 0 Å². The lowest BCUT2D eigenvalue weighted by Gasteiger charge is -2.04. The van der Waals surface area contributed by atoms with Crippen LogP contribution in [0.1, 0.15) is 40.5 Å². The molecule has 0 fully saturated rings. The summed E-state index contributed by atoms with van der Waals surface area (Å²) in [6.45, 7) is 7.62. The van der Waals surface area contributed by atoms with Crippen LogP contribution in [0.3, 0.4) is 0 Å². The third-order valence-electron chi connectivity index (χ3n) is 1.65. The van der Waals surface area contributed by atoms with Crippen molar-refractivity contribution < 1.29 is 9.59 Å². The highest BCUT2D eigenvalue weighted by molar-refractivity contribution is 5.99. The lowest BCUT2D eigenvalue weighted by Crippen LogP contribution is -2.14. The van der Waals surface area contributed by atoms with Crippen molar-refractivity contribution in [2.24, 2.45) is 11.8 Å². The molecule has 2 heteroatoms. The first-order valence-corrected chi connectivity index (χ1v) is 4.48. The zero-order chi connectivity index (χ0) is 9.72. The highest BCUT2D eigenvalue weighted by Gasteiger charge is 2.13. The van der Waals surface area contributed by atoms with Gasteiger partial charge in [-0.25, -0.2) is 0 Å². The summed E-state index contributed by atoms with van der Waals surface area (Å²) in [5, 5.41) is 0. The van der Waals surface area contributed by atoms with Crippen LogP contribution < -0.4 is 0 Å². The molecule has 0 spiro atoms. The van der Waals surface area contributed by atoms with E-state index in [4.69, 9.17) is 0 Å². The molecular formula is C10H18O2. The van der Waals surface area contributed by atoms with Gasteiger partial charge in [-0.05, 0) is 5.92 Å². The Labute approximate surface area is 74.3 Å². The van der Waals surface area contributed by atoms with Gasteiger partial charge in [-0.1, -0.05) is 27.7 Å². The Kier molecular flexibility index (Phi) is 4.79. The summed E-state index contributed by atoms with van der Waals surface area (Å²) in [7, 11) is 0. The zero-order valence-corrected chi connectivity index (χ0v) is 8.39. The van der Waals surface area contributed by atoms with Crippen molar-refractivity contribution in [3.05, 3.63) is 0 Å². The van der Waals surface area contributed by atoms with E-state index in [1.54, 1.807) is 0 Å². The number of carbonyl (C=O) groups is 2. The van der Waals surface area contributed by atoms with E-state index in [9.17, 15) is 9.59 Å². The molecule has 0 aromatic carbocycles. The molecule has 0 atom stereocenters. The Morgan fingerprint density at radius 1 is 1.08 bits per heavy atom. The van der Waals surface area contributed by atoms with Crippen LogP contribution in [0.4, 0.5) is 0 Å². The van der Waals surface area contributed by atoms with Crippen LogP contribution in [0.25, 0.3) is 0 Å². The van der Waals surface area contributed by atoms with Gasteiger partial charge >= 0.3 is 0 Å². The second kappa shape index (κ2) is 5.07. The topological polar surface area (TPSA) is 34.1 Å². The molecule has 0 heterocycles. The Morgan fingerprint density at radius 3 is 1.92 bits per heavy atom. The second-order valence-electron chi connectivity index (χ2n) is 3.93. The van der Waals surface area contributed by atoms with Crippen LogP contribution in [0.2, 0.25) is 0 Å². The van der Waals surface area contributed by atoms with Crippen LogP contribution in [-0.4, -0.2) is 11.6 Å². The smallest absolute Gasteiger partial charge is 0.142 e. The number of rotatable bonds is 5. The van der Waals surface area contributed by atoms with E-state index >= 15 is 0 Å². The first-order chi connectivity index (χ1) is 5.43. The maximum Gasteiger partial charge on any atom is 0.142 e. The van der Waals surface area contributed by atoms with Crippen molar-refractivity contribution in [1.29, 1.82) is 0 Å². The van der Waals surface area contributed by atoms with E-state index in [1.165, 1.54) is 0 Å². The van der Waals surface area contributed by atoms with Crippen molar-refractivity contribution in [3.8, 4) is 0 Å². The molecule has 0 radical (unpaired) electrons. The molecule has 0 aliphatic heterocycles. The summed E-state index contributed by atoms with van der Waals surface area (Å²) >= 11 is 0. The molecule has 0 rings (SSSR count). The fraction of sp³-hybridized carbons (Fsp3) is 0.800. The van der Waals surface area contributed by atoms with Gasteiger partial charge in [-0.2, -0.15) is 0 Å². The lowest BCUT2D eigenvalue weighted by molar-refractivity contribution is -0.129. The number of carbonyl (C=O) groups excluding carboxylic acids is 2. The predicted molar refractivity (Wildman–Crippen MR) is 48.9 cm³/mol. The second-order valence-corrected chi connectivity index (χ2v) is 3.93. The van der Waals surface area contributed by atoms with Crippen molar-refractivity contribution in [3.63, 3.8) is 0 Å². The van der Waals surface area contributed by atoms with Gasteiger partial charge in [0.25, 0.3) is 0 Å². The summed E-state index contributed by atoms with van der Waals surface area (Å²) in [5.41, 5.74) is 0. The van der Waals surface area contributed by atoms with Gasteiger partial charge in [0.1, 0.15) is 11.6 Å². The maximum absolute atomic E-state index is 11.1. The zero-order valence-electron chi connectivity index (χ0n) is 8.39. The van der Waals surface area contributed by atoms with E-state index in [-0.39, 0.29) is 23.9 Å². The quantitative estimate of drug-likeness (QED) is 0.593. The third kappa shape index (κ3) is 5.05. The van der Waals surface area contributed by atoms with Crippen LogP contribution in [0, 0.1) is 11.8 Å². The maximum atomic E-state index is 11.1. The fourth-order valence-corrected chi connectivity index (χ4v) is 0.926. The van der Waals surface area contributed by atoms with Crippen molar-refractivity contribution >= 4 is 11.6 Å². The summed E-state index contributed by atoms with van der Waals surface area (Å²) < 4.78 is 0. The fourth-order valence-electron chi connectivity index (χ4n) is 0.926. The van der Waals surface area contributed by atoms with E-state index in [1.807, 2.05) is 27.7 Å². The van der Waals surface area contributed by atoms with Gasteiger partial charge in [0, 0.05) is 12.3 Å². The molecule has 0 aliphatic rings. The number of hydrogen-bond donors (Lipinski definition) is 0. The SMILES string of the molecule is CC(C)CC(=O)CC(=O)C(C)C. The van der Waals surface area contributed by atoms with E-state index in [2.05, 4.69) is 0 Å². The molecule has 0 N–H and O–H groups in total. The molecule has 0 amide bonds. The van der Waals surface area contributed by atoms with Gasteiger partial charge in [-0.3, -0.25) is 9.59 Å². The molecule has 0 saturated heterocycles. The molecule has 2 nitrogen and oxygen atoms in total. The average molecular weight is 170 g/mol. The minimum atomic E-state index is -0.0129. The first kappa shape index (κ1) is 11.3. The number of ketones is 2. The number of Topliss-reactive ketones (excluding diaryl/α,β-unsaturated/α-hetero) is 2. The summed E-state index contributed by atoms with van der Waals surface area (Å²) in [4.78, 5) is 22.3. The van der Waals surface area contributed by atoms with Gasteiger partial charge in [0.05, 0.1) is 6.42 Å². The minimum absolute atomic E-state index is 0.0129. The van der Waals surface area contributed by atoms with Crippen LogP contribution in [0.5, 0.6) is 0 Å². The van der Waals surface area contributed by atoms with Gasteiger partial charge < -0.3 is 0 Å². The number of hydrogen-bond acceptors (Lipinski definition) is 2. The lowest BCUT2D eigenvalue weighted by atomic mass is 9.99. The Balaban J connectivity index is 3.77. The predicted octanol–water partition coefficient (Wildman–Crippen LogP) is 2.22. The molecule has 0 unspecified atom stereocenters. The minimum Gasteiger partial charge on any atom is -0.299 e. The Morgan fingerprint density at radius 2 is 1.58 bits per heavy atom. The van der Waals surface area contributed by atoms with Crippen LogP contribution >= 0.6 is 0 Å². The van der Waals surface area contributed by atoms with Gasteiger partial charge in [0.2, 0.25) is 0 Å². The highest BCUT2D eigenvalue weighted by Crippen LogP contribution is 2.06. The Bertz CT molecular complexity index is 169. The molecule has 0 bridgehead atoms. The first-order valence-electron chi connectivity index (χ1n) is 4.48. The molecule has 0 saturated carbocycles. The van der Waals surface area contributed by atoms with Gasteiger partial charge in [-0.15, -0.1) is 0 Å². The molecule has 0 aromatic heterocycles. The monoisotopic (exact) mass is 170 g/mol. The molecule has 0 aliphatic carbocycles. The average Bonchev–Trinajstić information content (AvgIpc) is 1.84. The standard InChI is InChI=1S/C10H18O2/c1-7(2)5-9(11)6-10(12)8(3)4/h7-8H,5-6H2,1-4H3. The third-order valence-corrected chi connectivity index (χ3v) is 1.65. The molecule has 0 aromatic rings. The summed E-state index contributed by atoms with van der Waals surface area (Å²) in [6, 6.07) is 0. The molecular weight excluding hydrogens is 152 g/mol. The summed E-state index contributed by atoms with van der Waals surface area (Å²) in [5.74, 6) is 0.475. The molecule has 12 heavy (non-hydrogen) atoms. The molecule has 70 valence electrons. The highest BCUT2D eigenvalue weighted by atomic mass is 16.1. The normalized spacial score (nSPS) is 10.8. The van der Waals surface area contributed by atoms with Crippen LogP contribution in [0.15, 0.2) is 0 Å². The van der Waals surface area contributed by atoms with Crippen LogP contribution in [-0.2, 0) is 9.59 Å². The van der Waals surface area contributed by atoms with Gasteiger partial charge in [0.15, 0.2) is 0 Å². The van der Waals surface area contributed by atoms with E-state index in [0.29, 0.717) is 12.3 Å². The summed E-state index contributed by atoms with van der Waals surface area (Å²) in [6.07, 6.45) is 0.647.